The molecule has 3 aromatic carbocycles. The molecule has 6 aromatic rings. The highest BCUT2D eigenvalue weighted by atomic mass is 16.6. The Morgan fingerprint density at radius 3 is 2.38 bits per heavy atom. The van der Waals surface area contributed by atoms with Gasteiger partial charge in [0.05, 0.1) is 36.3 Å². The number of rotatable bonds is 9. The number of para-hydroxylation sites is 1. The molecule has 0 radical (unpaired) electrons. The lowest BCUT2D eigenvalue weighted by atomic mass is 9.98. The first-order valence-corrected chi connectivity index (χ1v) is 13.0. The minimum absolute atomic E-state index is 0.0954. The molecule has 0 spiro atoms. The van der Waals surface area contributed by atoms with Gasteiger partial charge in [-0.05, 0) is 42.7 Å². The van der Waals surface area contributed by atoms with E-state index in [0.717, 1.165) is 16.7 Å². The maximum Gasteiger partial charge on any atom is 0.519 e. The van der Waals surface area contributed by atoms with Gasteiger partial charge in [0.2, 0.25) is 0 Å². The van der Waals surface area contributed by atoms with Crippen LogP contribution in [0.3, 0.4) is 0 Å². The summed E-state index contributed by atoms with van der Waals surface area (Å²) >= 11 is 0. The molecule has 12 heteroatoms. The lowest BCUT2D eigenvalue weighted by molar-refractivity contribution is 0.0698. The van der Waals surface area contributed by atoms with E-state index in [2.05, 4.69) is 10.1 Å². The number of aryl methyl sites for hydroxylation is 1. The van der Waals surface area contributed by atoms with Crippen LogP contribution in [0.4, 0.5) is 0 Å². The molecule has 3 heterocycles. The standard InChI is InChI=1S/C30H24N4O8/c1-3-39-28-31-23-10-6-9-22(27(35)36)25(23)33(28)15-18-11-13-19(14-12-18)20-7-4-5-8-21(20)26-32-42-29(37)34(26)16-24-17(2)40-30(38)41-24/h4-14H,3,15-16H2,1-2H3,(H,35,36). The number of ether oxygens (including phenoxy) is 1. The number of carbonyl (C=O) groups is 1. The monoisotopic (exact) mass is 568 g/mol. The van der Waals surface area contributed by atoms with E-state index in [1.54, 1.807) is 29.7 Å². The first-order valence-electron chi connectivity index (χ1n) is 13.0. The Hall–Kier alpha value is -5.65. The van der Waals surface area contributed by atoms with Crippen LogP contribution in [0.1, 0.15) is 34.4 Å². The third-order valence-electron chi connectivity index (χ3n) is 6.83. The van der Waals surface area contributed by atoms with Crippen LogP contribution >= 0.6 is 0 Å². The minimum atomic E-state index is -1.05. The highest BCUT2D eigenvalue weighted by Gasteiger charge is 2.21. The van der Waals surface area contributed by atoms with Crippen LogP contribution in [0.25, 0.3) is 33.5 Å². The molecule has 0 aliphatic carbocycles. The van der Waals surface area contributed by atoms with Crippen molar-refractivity contribution in [2.24, 2.45) is 0 Å². The van der Waals surface area contributed by atoms with Gasteiger partial charge in [0.25, 0.3) is 6.01 Å². The summed E-state index contributed by atoms with van der Waals surface area (Å²) in [5.41, 5.74) is 4.30. The summed E-state index contributed by atoms with van der Waals surface area (Å²) in [7, 11) is 0. The largest absolute Gasteiger partial charge is 0.519 e. The second-order valence-corrected chi connectivity index (χ2v) is 9.43. The van der Waals surface area contributed by atoms with E-state index in [9.17, 15) is 19.5 Å². The Balaban J connectivity index is 1.36. The number of imidazole rings is 1. The number of hydrogen-bond donors (Lipinski definition) is 1. The van der Waals surface area contributed by atoms with E-state index >= 15 is 0 Å². The van der Waals surface area contributed by atoms with Gasteiger partial charge in [0.1, 0.15) is 5.76 Å². The second kappa shape index (κ2) is 10.7. The molecule has 6 rings (SSSR count). The average molecular weight is 569 g/mol. The van der Waals surface area contributed by atoms with E-state index in [1.165, 1.54) is 4.57 Å². The fraction of sp³-hybridized carbons (Fsp3) is 0.167. The number of aromatic carboxylic acids is 1. The fourth-order valence-electron chi connectivity index (χ4n) is 4.89. The Morgan fingerprint density at radius 2 is 1.69 bits per heavy atom. The van der Waals surface area contributed by atoms with Gasteiger partial charge < -0.3 is 18.7 Å². The molecule has 1 N–H and O–H groups in total. The van der Waals surface area contributed by atoms with Crippen molar-refractivity contribution in [2.45, 2.75) is 26.9 Å². The highest BCUT2D eigenvalue weighted by molar-refractivity contribution is 6.01. The van der Waals surface area contributed by atoms with Gasteiger partial charge >= 0.3 is 17.5 Å². The van der Waals surface area contributed by atoms with Gasteiger partial charge in [-0.2, -0.15) is 4.98 Å². The quantitative estimate of drug-likeness (QED) is 0.262. The SMILES string of the molecule is CCOc1nc2cccc(C(=O)O)c2n1Cc1ccc(-c2ccccc2-c2noc(=O)n2Cc2oc(=O)oc2C)cc1. The molecular formula is C30H24N4O8. The molecule has 0 atom stereocenters. The Labute approximate surface area is 237 Å². The van der Waals surface area contributed by atoms with Crippen molar-refractivity contribution in [1.82, 2.24) is 19.3 Å². The van der Waals surface area contributed by atoms with Gasteiger partial charge in [-0.3, -0.25) is 9.09 Å². The summed E-state index contributed by atoms with van der Waals surface area (Å²) < 4.78 is 23.7. The molecule has 0 aliphatic heterocycles. The van der Waals surface area contributed by atoms with Crippen LogP contribution in [0.5, 0.6) is 6.01 Å². The van der Waals surface area contributed by atoms with Gasteiger partial charge in [0.15, 0.2) is 11.6 Å². The zero-order valence-electron chi connectivity index (χ0n) is 22.6. The van der Waals surface area contributed by atoms with Gasteiger partial charge in [-0.1, -0.05) is 59.8 Å². The van der Waals surface area contributed by atoms with Gasteiger partial charge in [-0.25, -0.2) is 19.0 Å². The number of aromatic nitrogens is 4. The van der Waals surface area contributed by atoms with Crippen LogP contribution in [-0.4, -0.2) is 37.0 Å². The number of nitrogens with zero attached hydrogens (tertiary/aromatic N) is 4. The molecule has 0 saturated carbocycles. The van der Waals surface area contributed by atoms with Crippen molar-refractivity contribution in [3.63, 3.8) is 0 Å². The molecule has 12 nitrogen and oxygen atoms in total. The lowest BCUT2D eigenvalue weighted by Gasteiger charge is -2.12. The van der Waals surface area contributed by atoms with E-state index < -0.39 is 17.5 Å². The van der Waals surface area contributed by atoms with E-state index in [4.69, 9.17) is 18.1 Å². The zero-order chi connectivity index (χ0) is 29.4. The molecule has 0 bridgehead atoms. The van der Waals surface area contributed by atoms with Crippen LogP contribution in [0.2, 0.25) is 0 Å². The van der Waals surface area contributed by atoms with Crippen LogP contribution in [-0.2, 0) is 13.1 Å². The average Bonchev–Trinajstić information content (AvgIpc) is 3.63. The summed E-state index contributed by atoms with van der Waals surface area (Å²) in [6.45, 7) is 4.02. The van der Waals surface area contributed by atoms with E-state index in [-0.39, 0.29) is 29.5 Å². The third-order valence-corrected chi connectivity index (χ3v) is 6.83. The van der Waals surface area contributed by atoms with Crippen molar-refractivity contribution in [1.29, 1.82) is 0 Å². The number of carboxylic acids is 1. The smallest absolute Gasteiger partial charge is 0.478 e. The molecular weight excluding hydrogens is 544 g/mol. The molecule has 0 aliphatic rings. The number of hydrogen-bond acceptors (Lipinski definition) is 9. The van der Waals surface area contributed by atoms with Crippen LogP contribution in [0.15, 0.2) is 89.7 Å². The third kappa shape index (κ3) is 4.79. The van der Waals surface area contributed by atoms with Crippen molar-refractivity contribution in [3.8, 4) is 28.5 Å². The van der Waals surface area contributed by atoms with Crippen molar-refractivity contribution >= 4 is 17.0 Å². The maximum atomic E-state index is 12.5. The normalized spacial score (nSPS) is 11.3. The van der Waals surface area contributed by atoms with E-state index in [1.807, 2.05) is 55.5 Å². The summed E-state index contributed by atoms with van der Waals surface area (Å²) in [5.74, 6) is -1.90. The summed E-state index contributed by atoms with van der Waals surface area (Å²) in [6.07, 6.45) is 0. The maximum absolute atomic E-state index is 12.5. The van der Waals surface area contributed by atoms with Crippen molar-refractivity contribution in [2.75, 3.05) is 6.61 Å². The van der Waals surface area contributed by atoms with Crippen LogP contribution in [0, 0.1) is 6.92 Å². The number of carboxylic acid groups (broad SMARTS) is 1. The summed E-state index contributed by atoms with van der Waals surface area (Å²) in [6, 6.07) is 20.4. The van der Waals surface area contributed by atoms with E-state index in [0.29, 0.717) is 35.8 Å². The predicted octanol–water partition coefficient (Wildman–Crippen LogP) is 4.57. The molecule has 212 valence electrons. The Bertz CT molecular complexity index is 2040. The lowest BCUT2D eigenvalue weighted by Crippen LogP contribution is -2.16. The predicted molar refractivity (Wildman–Crippen MR) is 150 cm³/mol. The zero-order valence-corrected chi connectivity index (χ0v) is 22.6. The minimum Gasteiger partial charge on any atom is -0.478 e. The Morgan fingerprint density at radius 1 is 0.929 bits per heavy atom. The first kappa shape index (κ1) is 26.6. The molecule has 0 unspecified atom stereocenters. The molecule has 0 saturated heterocycles. The summed E-state index contributed by atoms with van der Waals surface area (Å²) in [4.78, 5) is 40.5. The number of fused-ring (bicyclic) bond motifs is 1. The van der Waals surface area contributed by atoms with Gasteiger partial charge in [0, 0.05) is 5.56 Å². The number of benzene rings is 3. The Kier molecular flexibility index (Phi) is 6.79. The van der Waals surface area contributed by atoms with Crippen molar-refractivity contribution in [3.05, 3.63) is 111 Å². The molecule has 3 aromatic heterocycles. The summed E-state index contributed by atoms with van der Waals surface area (Å²) in [5, 5.41) is 13.8. The van der Waals surface area contributed by atoms with Gasteiger partial charge in [-0.15, -0.1) is 0 Å². The van der Waals surface area contributed by atoms with Crippen molar-refractivity contribution < 1.29 is 28.0 Å². The topological polar surface area (TPSA) is 156 Å². The highest BCUT2D eigenvalue weighted by Crippen LogP contribution is 2.32. The molecule has 42 heavy (non-hydrogen) atoms. The molecule has 0 fully saturated rings. The fourth-order valence-corrected chi connectivity index (χ4v) is 4.89. The first-order chi connectivity index (χ1) is 20.3. The van der Waals surface area contributed by atoms with Crippen LogP contribution < -0.4 is 16.3 Å². The second-order valence-electron chi connectivity index (χ2n) is 9.43. The molecule has 0 amide bonds.